The van der Waals surface area contributed by atoms with E-state index in [1.165, 1.54) is 6.07 Å². The van der Waals surface area contributed by atoms with Gasteiger partial charge in [0.15, 0.2) is 0 Å². The topological polar surface area (TPSA) is 66.8 Å². The van der Waals surface area contributed by atoms with E-state index in [1.807, 2.05) is 0 Å². The van der Waals surface area contributed by atoms with Gasteiger partial charge in [0.25, 0.3) is 0 Å². The minimum absolute atomic E-state index is 0.0118. The molecule has 0 radical (unpaired) electrons. The van der Waals surface area contributed by atoms with Crippen LogP contribution in [0.1, 0.15) is 6.92 Å². The van der Waals surface area contributed by atoms with Gasteiger partial charge in [0.1, 0.15) is 10.7 Å². The number of sulfonamides is 1. The van der Waals surface area contributed by atoms with E-state index in [0.29, 0.717) is 0 Å². The molecule has 1 heterocycles. The second-order valence-electron chi connectivity index (χ2n) is 4.64. The molecule has 1 saturated heterocycles. The molecule has 0 saturated carbocycles. The van der Waals surface area contributed by atoms with Gasteiger partial charge in [0, 0.05) is 17.6 Å². The summed E-state index contributed by atoms with van der Waals surface area (Å²) >= 11 is 5.63. The Hall–Kier alpha value is -0.730. The van der Waals surface area contributed by atoms with Crippen LogP contribution in [0.5, 0.6) is 0 Å². The van der Waals surface area contributed by atoms with Crippen LogP contribution in [0.2, 0.25) is 5.02 Å². The van der Waals surface area contributed by atoms with Gasteiger partial charge in [0.05, 0.1) is 19.3 Å². The van der Waals surface area contributed by atoms with Crippen molar-refractivity contribution in [3.63, 3.8) is 0 Å². The largest absolute Gasteiger partial charge is 0.394 e. The molecule has 1 N–H and O–H groups in total. The van der Waals surface area contributed by atoms with Crippen molar-refractivity contribution in [2.45, 2.75) is 24.0 Å². The molecule has 8 heteroatoms. The highest BCUT2D eigenvalue weighted by molar-refractivity contribution is 7.89. The lowest BCUT2D eigenvalue weighted by Gasteiger charge is -2.36. The average Bonchev–Trinajstić information content (AvgIpc) is 2.38. The summed E-state index contributed by atoms with van der Waals surface area (Å²) in [4.78, 5) is -0.424. The van der Waals surface area contributed by atoms with Gasteiger partial charge in [-0.15, -0.1) is 0 Å². The fourth-order valence-electron chi connectivity index (χ4n) is 2.05. The minimum Gasteiger partial charge on any atom is -0.394 e. The standard InChI is InChI=1S/C12H15ClFNO4S/c1-8-7-19-10(6-16)5-15(8)20(17,18)12-3-2-9(13)4-11(12)14/h2-4,8,10,16H,5-7H2,1H3. The SMILES string of the molecule is CC1COC(CO)CN1S(=O)(=O)c1ccc(Cl)cc1F. The van der Waals surface area contributed by atoms with Crippen molar-refractivity contribution in [3.8, 4) is 0 Å². The Balaban J connectivity index is 2.38. The monoisotopic (exact) mass is 323 g/mol. The number of hydrogen-bond acceptors (Lipinski definition) is 4. The molecule has 0 spiro atoms. The first-order valence-electron chi connectivity index (χ1n) is 6.05. The molecule has 2 rings (SSSR count). The van der Waals surface area contributed by atoms with Crippen LogP contribution in [0, 0.1) is 5.82 Å². The van der Waals surface area contributed by atoms with Crippen LogP contribution in [0.3, 0.4) is 0 Å². The fraction of sp³-hybridized carbons (Fsp3) is 0.500. The highest BCUT2D eigenvalue weighted by Gasteiger charge is 2.36. The van der Waals surface area contributed by atoms with E-state index in [2.05, 4.69) is 0 Å². The summed E-state index contributed by atoms with van der Waals surface area (Å²) in [6, 6.07) is 3.00. The zero-order valence-electron chi connectivity index (χ0n) is 10.8. The summed E-state index contributed by atoms with van der Waals surface area (Å²) < 4.78 is 45.3. The Labute approximate surface area is 122 Å². The van der Waals surface area contributed by atoms with Crippen molar-refractivity contribution < 1.29 is 22.7 Å². The first-order valence-corrected chi connectivity index (χ1v) is 7.87. The summed E-state index contributed by atoms with van der Waals surface area (Å²) in [6.45, 7) is 1.52. The Morgan fingerprint density at radius 3 is 2.85 bits per heavy atom. The average molecular weight is 324 g/mol. The maximum absolute atomic E-state index is 13.8. The highest BCUT2D eigenvalue weighted by atomic mass is 35.5. The lowest BCUT2D eigenvalue weighted by atomic mass is 10.2. The number of aliphatic hydroxyl groups is 1. The normalized spacial score (nSPS) is 24.8. The van der Waals surface area contributed by atoms with Crippen LogP contribution in [-0.2, 0) is 14.8 Å². The lowest BCUT2D eigenvalue weighted by molar-refractivity contribution is -0.0516. The van der Waals surface area contributed by atoms with E-state index in [4.69, 9.17) is 21.4 Å². The summed E-state index contributed by atoms with van der Waals surface area (Å²) in [5.41, 5.74) is 0. The molecule has 0 amide bonds. The zero-order valence-corrected chi connectivity index (χ0v) is 12.4. The minimum atomic E-state index is -3.99. The van der Waals surface area contributed by atoms with E-state index in [-0.39, 0.29) is 24.8 Å². The van der Waals surface area contributed by atoms with Crippen LogP contribution >= 0.6 is 11.6 Å². The van der Waals surface area contributed by atoms with Gasteiger partial charge in [-0.05, 0) is 25.1 Å². The van der Waals surface area contributed by atoms with Crippen molar-refractivity contribution in [3.05, 3.63) is 29.0 Å². The molecule has 1 fully saturated rings. The Morgan fingerprint density at radius 2 is 2.25 bits per heavy atom. The quantitative estimate of drug-likeness (QED) is 0.909. The third kappa shape index (κ3) is 2.96. The number of hydrogen-bond donors (Lipinski definition) is 1. The number of aliphatic hydroxyl groups excluding tert-OH is 1. The molecule has 1 aromatic rings. The van der Waals surface area contributed by atoms with Crippen LogP contribution in [0.15, 0.2) is 23.1 Å². The second kappa shape index (κ2) is 5.95. The lowest BCUT2D eigenvalue weighted by Crippen LogP contribution is -2.51. The molecule has 2 atom stereocenters. The van der Waals surface area contributed by atoms with Crippen LogP contribution < -0.4 is 0 Å². The summed E-state index contributed by atoms with van der Waals surface area (Å²) in [5.74, 6) is -0.892. The summed E-state index contributed by atoms with van der Waals surface area (Å²) in [5, 5.41) is 9.21. The molecule has 0 aromatic heterocycles. The van der Waals surface area contributed by atoms with E-state index >= 15 is 0 Å². The molecule has 1 aliphatic heterocycles. The molecule has 112 valence electrons. The van der Waals surface area contributed by atoms with Crippen molar-refractivity contribution >= 4 is 21.6 Å². The zero-order chi connectivity index (χ0) is 14.9. The Morgan fingerprint density at radius 1 is 1.55 bits per heavy atom. The van der Waals surface area contributed by atoms with Gasteiger partial charge in [-0.25, -0.2) is 12.8 Å². The molecular formula is C12H15ClFNO4S. The van der Waals surface area contributed by atoms with Crippen molar-refractivity contribution in [1.29, 1.82) is 0 Å². The third-order valence-corrected chi connectivity index (χ3v) is 5.38. The molecule has 1 aromatic carbocycles. The van der Waals surface area contributed by atoms with Gasteiger partial charge in [-0.3, -0.25) is 0 Å². The second-order valence-corrected chi connectivity index (χ2v) is 6.93. The van der Waals surface area contributed by atoms with E-state index in [1.54, 1.807) is 6.92 Å². The maximum atomic E-state index is 13.8. The maximum Gasteiger partial charge on any atom is 0.246 e. The molecule has 1 aliphatic rings. The molecule has 5 nitrogen and oxygen atoms in total. The number of ether oxygens (including phenoxy) is 1. The van der Waals surface area contributed by atoms with E-state index in [9.17, 15) is 12.8 Å². The van der Waals surface area contributed by atoms with Gasteiger partial charge in [-0.1, -0.05) is 11.6 Å². The molecule has 20 heavy (non-hydrogen) atoms. The predicted molar refractivity (Wildman–Crippen MR) is 71.6 cm³/mol. The van der Waals surface area contributed by atoms with Gasteiger partial charge in [-0.2, -0.15) is 4.31 Å². The van der Waals surface area contributed by atoms with Gasteiger partial charge < -0.3 is 9.84 Å². The van der Waals surface area contributed by atoms with Crippen molar-refractivity contribution in [1.82, 2.24) is 4.31 Å². The third-order valence-electron chi connectivity index (χ3n) is 3.13. The fourth-order valence-corrected chi connectivity index (χ4v) is 3.90. The number of rotatable bonds is 3. The first-order chi connectivity index (χ1) is 9.36. The number of halogens is 2. The molecule has 2 unspecified atom stereocenters. The van der Waals surface area contributed by atoms with Crippen LogP contribution in [-0.4, -0.2) is 49.7 Å². The van der Waals surface area contributed by atoms with E-state index in [0.717, 1.165) is 16.4 Å². The summed E-state index contributed by atoms with van der Waals surface area (Å²) in [6.07, 6.45) is -0.601. The van der Waals surface area contributed by atoms with Crippen molar-refractivity contribution in [2.75, 3.05) is 19.8 Å². The van der Waals surface area contributed by atoms with Crippen LogP contribution in [0.25, 0.3) is 0 Å². The Bertz CT molecular complexity index is 595. The van der Waals surface area contributed by atoms with Crippen molar-refractivity contribution in [2.24, 2.45) is 0 Å². The summed E-state index contributed by atoms with van der Waals surface area (Å²) in [7, 11) is -3.99. The highest BCUT2D eigenvalue weighted by Crippen LogP contribution is 2.26. The van der Waals surface area contributed by atoms with E-state index < -0.39 is 32.9 Å². The number of benzene rings is 1. The number of nitrogens with zero attached hydrogens (tertiary/aromatic N) is 1. The smallest absolute Gasteiger partial charge is 0.246 e. The first kappa shape index (κ1) is 15.7. The molecule has 0 bridgehead atoms. The van der Waals surface area contributed by atoms with Gasteiger partial charge >= 0.3 is 0 Å². The van der Waals surface area contributed by atoms with Gasteiger partial charge in [0.2, 0.25) is 10.0 Å². The van der Waals surface area contributed by atoms with Crippen LogP contribution in [0.4, 0.5) is 4.39 Å². The molecule has 0 aliphatic carbocycles. The Kier molecular flexibility index (Phi) is 4.66. The molecular weight excluding hydrogens is 309 g/mol. The number of morpholine rings is 1. The predicted octanol–water partition coefficient (Wildman–Crippen LogP) is 1.25.